The Morgan fingerprint density at radius 2 is 1.79 bits per heavy atom. The summed E-state index contributed by atoms with van der Waals surface area (Å²) < 4.78 is 10.7. The number of nitro groups is 1. The SMILES string of the molecule is COc1ccc2cc(C3=C/C(=C/c4ccc(C)c([N+](=O)[O-])c4)C(=O)O3)ccc2c1. The number of carbonyl (C=O) groups is 1. The summed E-state index contributed by atoms with van der Waals surface area (Å²) in [4.78, 5) is 23.0. The number of benzene rings is 3. The van der Waals surface area contributed by atoms with Crippen LogP contribution in [0.2, 0.25) is 0 Å². The molecule has 0 spiro atoms. The van der Waals surface area contributed by atoms with Crippen molar-refractivity contribution >= 4 is 34.3 Å². The van der Waals surface area contributed by atoms with Crippen molar-refractivity contribution in [3.05, 3.63) is 93.1 Å². The van der Waals surface area contributed by atoms with Crippen molar-refractivity contribution in [2.24, 2.45) is 0 Å². The van der Waals surface area contributed by atoms with Gasteiger partial charge < -0.3 is 9.47 Å². The number of esters is 1. The van der Waals surface area contributed by atoms with Crippen LogP contribution in [0.4, 0.5) is 5.69 Å². The maximum atomic E-state index is 12.3. The first-order valence-electron chi connectivity index (χ1n) is 8.93. The third kappa shape index (κ3) is 3.60. The van der Waals surface area contributed by atoms with Gasteiger partial charge in [0.05, 0.1) is 17.6 Å². The fraction of sp³-hybridized carbons (Fsp3) is 0.0870. The minimum atomic E-state index is -0.488. The molecule has 0 aliphatic carbocycles. The Kier molecular flexibility index (Phi) is 4.60. The molecule has 0 N–H and O–H groups in total. The monoisotopic (exact) mass is 387 g/mol. The van der Waals surface area contributed by atoms with Crippen molar-refractivity contribution < 1.29 is 19.2 Å². The number of cyclic esters (lactones) is 1. The van der Waals surface area contributed by atoms with Crippen LogP contribution in [-0.2, 0) is 9.53 Å². The normalized spacial score (nSPS) is 14.8. The molecule has 0 saturated heterocycles. The molecule has 0 aromatic heterocycles. The summed E-state index contributed by atoms with van der Waals surface area (Å²) >= 11 is 0. The summed E-state index contributed by atoms with van der Waals surface area (Å²) in [6.45, 7) is 1.67. The molecule has 0 fully saturated rings. The molecule has 0 amide bonds. The van der Waals surface area contributed by atoms with Crippen LogP contribution in [0.15, 0.2) is 66.2 Å². The summed E-state index contributed by atoms with van der Waals surface area (Å²) in [6.07, 6.45) is 3.24. The molecule has 0 bridgehead atoms. The number of rotatable bonds is 4. The van der Waals surface area contributed by atoms with Crippen LogP contribution in [0.5, 0.6) is 5.75 Å². The number of nitrogens with zero attached hydrogens (tertiary/aromatic N) is 1. The zero-order valence-corrected chi connectivity index (χ0v) is 15.8. The van der Waals surface area contributed by atoms with Gasteiger partial charge in [0.15, 0.2) is 0 Å². The van der Waals surface area contributed by atoms with Gasteiger partial charge in [0.2, 0.25) is 0 Å². The zero-order valence-electron chi connectivity index (χ0n) is 15.8. The average molecular weight is 387 g/mol. The van der Waals surface area contributed by atoms with Crippen molar-refractivity contribution in [2.45, 2.75) is 6.92 Å². The molecule has 6 heteroatoms. The maximum Gasteiger partial charge on any atom is 0.343 e. The minimum Gasteiger partial charge on any atom is -0.497 e. The number of aryl methyl sites for hydroxylation is 1. The molecule has 29 heavy (non-hydrogen) atoms. The highest BCUT2D eigenvalue weighted by atomic mass is 16.6. The topological polar surface area (TPSA) is 78.7 Å². The van der Waals surface area contributed by atoms with E-state index in [-0.39, 0.29) is 5.69 Å². The van der Waals surface area contributed by atoms with Gasteiger partial charge in [-0.1, -0.05) is 30.3 Å². The lowest BCUT2D eigenvalue weighted by Gasteiger charge is -2.06. The van der Waals surface area contributed by atoms with Gasteiger partial charge in [-0.15, -0.1) is 0 Å². The van der Waals surface area contributed by atoms with Crippen LogP contribution >= 0.6 is 0 Å². The van der Waals surface area contributed by atoms with Crippen LogP contribution in [0.3, 0.4) is 0 Å². The van der Waals surface area contributed by atoms with E-state index in [1.807, 2.05) is 36.4 Å². The number of methoxy groups -OCH3 is 1. The van der Waals surface area contributed by atoms with E-state index in [1.165, 1.54) is 6.07 Å². The van der Waals surface area contributed by atoms with Crippen molar-refractivity contribution in [2.75, 3.05) is 7.11 Å². The molecule has 0 radical (unpaired) electrons. The molecule has 144 valence electrons. The average Bonchev–Trinajstić information content (AvgIpc) is 3.08. The fourth-order valence-electron chi connectivity index (χ4n) is 3.23. The van der Waals surface area contributed by atoms with E-state index in [9.17, 15) is 14.9 Å². The van der Waals surface area contributed by atoms with Crippen molar-refractivity contribution in [3.63, 3.8) is 0 Å². The summed E-state index contributed by atoms with van der Waals surface area (Å²) in [6, 6.07) is 16.3. The van der Waals surface area contributed by atoms with Crippen LogP contribution in [0, 0.1) is 17.0 Å². The van der Waals surface area contributed by atoms with Crippen LogP contribution < -0.4 is 4.74 Å². The van der Waals surface area contributed by atoms with E-state index in [0.29, 0.717) is 22.5 Å². The molecule has 4 rings (SSSR count). The van der Waals surface area contributed by atoms with Gasteiger partial charge in [-0.3, -0.25) is 10.1 Å². The Morgan fingerprint density at radius 3 is 2.55 bits per heavy atom. The maximum absolute atomic E-state index is 12.3. The molecule has 1 aliphatic heterocycles. The number of nitro benzene ring substituents is 1. The van der Waals surface area contributed by atoms with E-state index in [0.717, 1.165) is 22.1 Å². The van der Waals surface area contributed by atoms with Gasteiger partial charge >= 0.3 is 5.97 Å². The molecule has 6 nitrogen and oxygen atoms in total. The molecular weight excluding hydrogens is 370 g/mol. The predicted octanol–water partition coefficient (Wildman–Crippen LogP) is 5.05. The second kappa shape index (κ2) is 7.24. The Bertz CT molecular complexity index is 1220. The summed E-state index contributed by atoms with van der Waals surface area (Å²) in [5, 5.41) is 13.1. The zero-order chi connectivity index (χ0) is 20.5. The highest BCUT2D eigenvalue weighted by Gasteiger charge is 2.22. The van der Waals surface area contributed by atoms with Crippen LogP contribution in [0.1, 0.15) is 16.7 Å². The summed E-state index contributed by atoms with van der Waals surface area (Å²) in [5.74, 6) is 0.729. The standard InChI is InChI=1S/C23H17NO5/c1-14-3-4-15(10-21(14)24(26)27)9-19-13-22(29-23(19)25)18-6-5-17-12-20(28-2)8-7-16(17)11-18/h3-13H,1-2H3/b19-9-. The quantitative estimate of drug-likeness (QED) is 0.271. The lowest BCUT2D eigenvalue weighted by molar-refractivity contribution is -0.385. The first-order chi connectivity index (χ1) is 13.9. The molecule has 0 atom stereocenters. The van der Waals surface area contributed by atoms with Crippen molar-refractivity contribution in [1.82, 2.24) is 0 Å². The first kappa shape index (κ1) is 18.4. The number of fused-ring (bicyclic) bond motifs is 1. The Balaban J connectivity index is 1.69. The second-order valence-corrected chi connectivity index (χ2v) is 6.73. The number of hydrogen-bond donors (Lipinski definition) is 0. The van der Waals surface area contributed by atoms with E-state index in [1.54, 1.807) is 38.3 Å². The minimum absolute atomic E-state index is 0.0138. The van der Waals surface area contributed by atoms with Gasteiger partial charge in [-0.25, -0.2) is 4.79 Å². The van der Waals surface area contributed by atoms with Gasteiger partial charge in [0, 0.05) is 17.2 Å². The van der Waals surface area contributed by atoms with Crippen molar-refractivity contribution in [1.29, 1.82) is 0 Å². The fourth-order valence-corrected chi connectivity index (χ4v) is 3.23. The van der Waals surface area contributed by atoms with Crippen LogP contribution in [0.25, 0.3) is 22.6 Å². The molecule has 0 unspecified atom stereocenters. The molecule has 1 heterocycles. The number of carbonyl (C=O) groups excluding carboxylic acids is 1. The Morgan fingerprint density at radius 1 is 1.03 bits per heavy atom. The number of ether oxygens (including phenoxy) is 2. The Labute approximate surface area is 166 Å². The second-order valence-electron chi connectivity index (χ2n) is 6.73. The highest BCUT2D eigenvalue weighted by Crippen LogP contribution is 2.31. The molecular formula is C23H17NO5. The third-order valence-electron chi connectivity index (χ3n) is 4.81. The van der Waals surface area contributed by atoms with Gasteiger partial charge in [0.25, 0.3) is 5.69 Å². The third-order valence-corrected chi connectivity index (χ3v) is 4.81. The first-order valence-corrected chi connectivity index (χ1v) is 8.93. The molecule has 3 aromatic rings. The molecule has 3 aromatic carbocycles. The molecule has 0 saturated carbocycles. The predicted molar refractivity (Wildman–Crippen MR) is 110 cm³/mol. The van der Waals surface area contributed by atoms with E-state index in [4.69, 9.17) is 9.47 Å². The van der Waals surface area contributed by atoms with E-state index in [2.05, 4.69) is 0 Å². The van der Waals surface area contributed by atoms with Gasteiger partial charge in [-0.05, 0) is 53.6 Å². The van der Waals surface area contributed by atoms with E-state index >= 15 is 0 Å². The lowest BCUT2D eigenvalue weighted by Crippen LogP contribution is -1.97. The van der Waals surface area contributed by atoms with Gasteiger partial charge in [0.1, 0.15) is 11.5 Å². The highest BCUT2D eigenvalue weighted by molar-refractivity contribution is 6.05. The van der Waals surface area contributed by atoms with Crippen molar-refractivity contribution in [3.8, 4) is 5.75 Å². The lowest BCUT2D eigenvalue weighted by atomic mass is 10.0. The Hall–Kier alpha value is -3.93. The molecule has 1 aliphatic rings. The number of hydrogen-bond acceptors (Lipinski definition) is 5. The largest absolute Gasteiger partial charge is 0.497 e. The summed E-state index contributed by atoms with van der Waals surface area (Å²) in [7, 11) is 1.62. The van der Waals surface area contributed by atoms with E-state index < -0.39 is 10.9 Å². The smallest absolute Gasteiger partial charge is 0.343 e. The van der Waals surface area contributed by atoms with Crippen LogP contribution in [-0.4, -0.2) is 18.0 Å². The summed E-state index contributed by atoms with van der Waals surface area (Å²) in [5.41, 5.74) is 2.26. The van der Waals surface area contributed by atoms with Gasteiger partial charge in [-0.2, -0.15) is 0 Å².